The Morgan fingerprint density at radius 2 is 1.93 bits per heavy atom. The van der Waals surface area contributed by atoms with Crippen LogP contribution in [0.25, 0.3) is 11.3 Å². The molecule has 1 N–H and O–H groups in total. The first-order valence-electron chi connectivity index (χ1n) is 9.93. The second-order valence-corrected chi connectivity index (χ2v) is 7.19. The summed E-state index contributed by atoms with van der Waals surface area (Å²) in [6.45, 7) is 2.55. The Morgan fingerprint density at radius 3 is 2.69 bits per heavy atom. The van der Waals surface area contributed by atoms with Gasteiger partial charge in [0, 0.05) is 18.2 Å². The number of hydrogen-bond donors (Lipinski definition) is 1. The van der Waals surface area contributed by atoms with Gasteiger partial charge in [0.1, 0.15) is 11.4 Å². The van der Waals surface area contributed by atoms with Crippen molar-refractivity contribution in [3.05, 3.63) is 72.0 Å². The summed E-state index contributed by atoms with van der Waals surface area (Å²) < 4.78 is 10.7. The normalized spacial score (nSPS) is 15.2. The first-order chi connectivity index (χ1) is 14.2. The lowest BCUT2D eigenvalue weighted by atomic mass is 10.0. The lowest BCUT2D eigenvalue weighted by molar-refractivity contribution is 0.0901. The van der Waals surface area contributed by atoms with E-state index in [-0.39, 0.29) is 17.7 Å². The lowest BCUT2D eigenvalue weighted by Crippen LogP contribution is -2.36. The highest BCUT2D eigenvalue weighted by Crippen LogP contribution is 2.27. The summed E-state index contributed by atoms with van der Waals surface area (Å²) in [7, 11) is 1.67. The van der Waals surface area contributed by atoms with Gasteiger partial charge in [0.15, 0.2) is 0 Å². The molecule has 0 aliphatic carbocycles. The number of benzene rings is 2. The van der Waals surface area contributed by atoms with Gasteiger partial charge in [-0.2, -0.15) is 0 Å². The third kappa shape index (κ3) is 4.49. The molecule has 1 atom stereocenters. The van der Waals surface area contributed by atoms with E-state index >= 15 is 0 Å². The molecule has 0 spiro atoms. The molecule has 1 aromatic heterocycles. The Labute approximate surface area is 170 Å². The number of amides is 1. The Hall–Kier alpha value is -3.12. The maximum absolute atomic E-state index is 12.7. The van der Waals surface area contributed by atoms with Gasteiger partial charge in [0.25, 0.3) is 5.91 Å². The molecule has 1 unspecified atom stereocenters. The molecule has 1 aliphatic heterocycles. The van der Waals surface area contributed by atoms with Gasteiger partial charge in [-0.05, 0) is 43.6 Å². The van der Waals surface area contributed by atoms with Crippen molar-refractivity contribution in [1.82, 2.24) is 15.4 Å². The minimum atomic E-state index is -0.258. The van der Waals surface area contributed by atoms with Crippen molar-refractivity contribution in [2.75, 3.05) is 26.7 Å². The summed E-state index contributed by atoms with van der Waals surface area (Å²) in [6.07, 6.45) is 2.36. The van der Waals surface area contributed by atoms with E-state index in [9.17, 15) is 4.79 Å². The summed E-state index contributed by atoms with van der Waals surface area (Å²) >= 11 is 0. The third-order valence-corrected chi connectivity index (χ3v) is 5.32. The fourth-order valence-electron chi connectivity index (χ4n) is 3.76. The smallest absolute Gasteiger partial charge is 0.289 e. The molecule has 1 fully saturated rings. The fraction of sp³-hybridized carbons (Fsp3) is 0.304. The fourth-order valence-corrected chi connectivity index (χ4v) is 3.76. The highest BCUT2D eigenvalue weighted by Gasteiger charge is 2.25. The van der Waals surface area contributed by atoms with E-state index in [2.05, 4.69) is 21.4 Å². The van der Waals surface area contributed by atoms with E-state index in [1.54, 1.807) is 13.2 Å². The zero-order valence-corrected chi connectivity index (χ0v) is 16.5. The number of hydrogen-bond acceptors (Lipinski definition) is 5. The van der Waals surface area contributed by atoms with E-state index < -0.39 is 0 Å². The van der Waals surface area contributed by atoms with E-state index in [0.29, 0.717) is 12.2 Å². The van der Waals surface area contributed by atoms with Crippen LogP contribution in [0.1, 0.15) is 35.0 Å². The molecule has 2 aromatic carbocycles. The quantitative estimate of drug-likeness (QED) is 0.661. The number of rotatable bonds is 7. The highest BCUT2D eigenvalue weighted by molar-refractivity contribution is 5.92. The van der Waals surface area contributed by atoms with Gasteiger partial charge in [-0.1, -0.05) is 47.6 Å². The van der Waals surface area contributed by atoms with Gasteiger partial charge in [-0.15, -0.1) is 0 Å². The largest absolute Gasteiger partial charge is 0.497 e. The summed E-state index contributed by atoms with van der Waals surface area (Å²) in [5.74, 6) is 0.780. The van der Waals surface area contributed by atoms with Gasteiger partial charge < -0.3 is 14.6 Å². The first-order valence-corrected chi connectivity index (χ1v) is 9.93. The maximum Gasteiger partial charge on any atom is 0.289 e. The van der Waals surface area contributed by atoms with Crippen molar-refractivity contribution in [1.29, 1.82) is 0 Å². The molecule has 6 heteroatoms. The van der Waals surface area contributed by atoms with Gasteiger partial charge in [-0.3, -0.25) is 9.69 Å². The number of carbonyl (C=O) groups is 1. The van der Waals surface area contributed by atoms with Crippen LogP contribution in [0.5, 0.6) is 5.75 Å². The molecule has 0 saturated carbocycles. The zero-order chi connectivity index (χ0) is 20.1. The summed E-state index contributed by atoms with van der Waals surface area (Å²) in [4.78, 5) is 15.1. The SMILES string of the molecule is COc1cccc(C(CNC(=O)c2cc(-c3ccccc3)no2)N2CCCC2)c1. The second kappa shape index (κ2) is 8.92. The molecular formula is C23H25N3O3. The Kier molecular flexibility index (Phi) is 5.91. The number of methoxy groups -OCH3 is 1. The number of ether oxygens (including phenoxy) is 1. The summed E-state index contributed by atoms with van der Waals surface area (Å²) in [5.41, 5.74) is 2.70. The van der Waals surface area contributed by atoms with Gasteiger partial charge in [0.05, 0.1) is 13.2 Å². The first kappa shape index (κ1) is 19.2. The van der Waals surface area contributed by atoms with Crippen LogP contribution in [-0.4, -0.2) is 42.7 Å². The van der Waals surface area contributed by atoms with Crippen LogP contribution < -0.4 is 10.1 Å². The standard InChI is InChI=1S/C23H25N3O3/c1-28-19-11-7-10-18(14-19)21(26-12-5-6-13-26)16-24-23(27)22-15-20(25-29-22)17-8-3-2-4-9-17/h2-4,7-11,14-15,21H,5-6,12-13,16H2,1H3,(H,24,27). The van der Waals surface area contributed by atoms with Crippen LogP contribution >= 0.6 is 0 Å². The Balaban J connectivity index is 1.47. The van der Waals surface area contributed by atoms with Crippen LogP contribution in [-0.2, 0) is 0 Å². The minimum absolute atomic E-state index is 0.0908. The molecule has 150 valence electrons. The summed E-state index contributed by atoms with van der Waals surface area (Å²) in [6, 6.07) is 19.5. The van der Waals surface area contributed by atoms with E-state index in [1.807, 2.05) is 48.5 Å². The summed E-state index contributed by atoms with van der Waals surface area (Å²) in [5, 5.41) is 7.05. The number of likely N-dealkylation sites (tertiary alicyclic amines) is 1. The molecule has 1 amide bonds. The molecule has 3 aromatic rings. The van der Waals surface area contributed by atoms with Crippen LogP contribution in [0.4, 0.5) is 0 Å². The molecule has 6 nitrogen and oxygen atoms in total. The minimum Gasteiger partial charge on any atom is -0.497 e. The molecule has 4 rings (SSSR count). The predicted octanol–water partition coefficient (Wildman–Crippen LogP) is 3.92. The van der Waals surface area contributed by atoms with Crippen LogP contribution in [0.15, 0.2) is 65.2 Å². The Bertz CT molecular complexity index is 949. The average molecular weight is 391 g/mol. The number of aromatic nitrogens is 1. The lowest BCUT2D eigenvalue weighted by Gasteiger charge is -2.28. The van der Waals surface area contributed by atoms with Crippen molar-refractivity contribution >= 4 is 5.91 Å². The van der Waals surface area contributed by atoms with E-state index in [4.69, 9.17) is 9.26 Å². The number of carbonyl (C=O) groups excluding carboxylic acids is 1. The molecule has 1 aliphatic rings. The predicted molar refractivity (Wildman–Crippen MR) is 111 cm³/mol. The second-order valence-electron chi connectivity index (χ2n) is 7.19. The molecule has 2 heterocycles. The van der Waals surface area contributed by atoms with Crippen LogP contribution in [0.2, 0.25) is 0 Å². The Morgan fingerprint density at radius 1 is 1.14 bits per heavy atom. The van der Waals surface area contributed by atoms with Crippen LogP contribution in [0, 0.1) is 0 Å². The maximum atomic E-state index is 12.7. The number of nitrogens with zero attached hydrogens (tertiary/aromatic N) is 2. The van der Waals surface area contributed by atoms with Crippen LogP contribution in [0.3, 0.4) is 0 Å². The number of nitrogens with one attached hydrogen (secondary N) is 1. The van der Waals surface area contributed by atoms with Gasteiger partial charge in [0.2, 0.25) is 5.76 Å². The zero-order valence-electron chi connectivity index (χ0n) is 16.5. The third-order valence-electron chi connectivity index (χ3n) is 5.32. The average Bonchev–Trinajstić information content (AvgIpc) is 3.47. The molecular weight excluding hydrogens is 366 g/mol. The van der Waals surface area contributed by atoms with E-state index in [1.165, 1.54) is 12.8 Å². The van der Waals surface area contributed by atoms with Gasteiger partial charge >= 0.3 is 0 Å². The van der Waals surface area contributed by atoms with E-state index in [0.717, 1.165) is 30.0 Å². The molecule has 0 bridgehead atoms. The molecule has 0 radical (unpaired) electrons. The molecule has 29 heavy (non-hydrogen) atoms. The van der Waals surface area contributed by atoms with Gasteiger partial charge in [-0.25, -0.2) is 0 Å². The van der Waals surface area contributed by atoms with Crippen molar-refractivity contribution in [3.8, 4) is 17.0 Å². The monoisotopic (exact) mass is 391 g/mol. The van der Waals surface area contributed by atoms with Crippen molar-refractivity contribution in [2.45, 2.75) is 18.9 Å². The molecule has 1 saturated heterocycles. The van der Waals surface area contributed by atoms with Crippen molar-refractivity contribution in [3.63, 3.8) is 0 Å². The highest BCUT2D eigenvalue weighted by atomic mass is 16.5. The van der Waals surface area contributed by atoms with Crippen molar-refractivity contribution < 1.29 is 14.1 Å². The topological polar surface area (TPSA) is 67.6 Å². The van der Waals surface area contributed by atoms with Crippen molar-refractivity contribution in [2.24, 2.45) is 0 Å².